The Kier molecular flexibility index (Phi) is 6.22. The third kappa shape index (κ3) is 5.10. The summed E-state index contributed by atoms with van der Waals surface area (Å²) in [7, 11) is 0. The number of rotatable bonds is 9. The standard InChI is InChI=1S/C24H30N2O5/c27-24-25-23(31-11-8-20-16-28-12-13-30-20)15-22-21-6-5-19(14-18(21)7-9-26(22)24)29-10-1-2-17-3-4-17/h5-6,14-15,17,20H,1-4,7-13,16H2/t20-/m0/s1. The first kappa shape index (κ1) is 20.5. The summed E-state index contributed by atoms with van der Waals surface area (Å²) in [5, 5.41) is 0. The van der Waals surface area contributed by atoms with Crippen molar-refractivity contribution in [1.29, 1.82) is 0 Å². The van der Waals surface area contributed by atoms with E-state index in [0.717, 1.165) is 42.4 Å². The highest BCUT2D eigenvalue weighted by Gasteiger charge is 2.21. The Morgan fingerprint density at radius 3 is 2.87 bits per heavy atom. The summed E-state index contributed by atoms with van der Waals surface area (Å²) in [5.41, 5.74) is 2.83. The lowest BCUT2D eigenvalue weighted by molar-refractivity contribution is -0.0936. The van der Waals surface area contributed by atoms with Gasteiger partial charge in [0.05, 0.1) is 44.8 Å². The molecule has 1 saturated heterocycles. The predicted octanol–water partition coefficient (Wildman–Crippen LogP) is 3.22. The highest BCUT2D eigenvalue weighted by atomic mass is 16.6. The first-order valence-corrected chi connectivity index (χ1v) is 11.5. The van der Waals surface area contributed by atoms with Gasteiger partial charge in [-0.15, -0.1) is 0 Å². The molecule has 0 bridgehead atoms. The number of fused-ring (bicyclic) bond motifs is 3. The largest absolute Gasteiger partial charge is 0.494 e. The van der Waals surface area contributed by atoms with Crippen molar-refractivity contribution in [3.8, 4) is 22.9 Å². The lowest BCUT2D eigenvalue weighted by Crippen LogP contribution is -2.30. The van der Waals surface area contributed by atoms with Gasteiger partial charge in [-0.1, -0.05) is 12.8 Å². The summed E-state index contributed by atoms with van der Waals surface area (Å²) in [5.74, 6) is 2.21. The molecule has 1 saturated carbocycles. The number of hydrogen-bond donors (Lipinski definition) is 0. The Balaban J connectivity index is 1.25. The van der Waals surface area contributed by atoms with E-state index in [1.165, 1.54) is 24.8 Å². The monoisotopic (exact) mass is 426 g/mol. The smallest absolute Gasteiger partial charge is 0.351 e. The quantitative estimate of drug-likeness (QED) is 0.574. The number of nitrogens with zero attached hydrogens (tertiary/aromatic N) is 2. The summed E-state index contributed by atoms with van der Waals surface area (Å²) in [6.45, 7) is 3.67. The number of benzene rings is 1. The van der Waals surface area contributed by atoms with Crippen LogP contribution in [-0.4, -0.2) is 48.7 Å². The molecule has 1 atom stereocenters. The maximum atomic E-state index is 12.6. The fourth-order valence-corrected chi connectivity index (χ4v) is 4.31. The van der Waals surface area contributed by atoms with E-state index in [1.54, 1.807) is 4.57 Å². The molecular formula is C24H30N2O5. The van der Waals surface area contributed by atoms with Crippen LogP contribution in [0.15, 0.2) is 29.1 Å². The minimum atomic E-state index is -0.268. The van der Waals surface area contributed by atoms with Gasteiger partial charge in [0.15, 0.2) is 0 Å². The van der Waals surface area contributed by atoms with E-state index >= 15 is 0 Å². The molecule has 3 aliphatic rings. The maximum absolute atomic E-state index is 12.6. The molecule has 0 radical (unpaired) electrons. The number of hydrogen-bond acceptors (Lipinski definition) is 6. The topological polar surface area (TPSA) is 71.8 Å². The van der Waals surface area contributed by atoms with Crippen LogP contribution in [0.3, 0.4) is 0 Å². The summed E-state index contributed by atoms with van der Waals surface area (Å²) >= 11 is 0. The molecule has 3 heterocycles. The van der Waals surface area contributed by atoms with E-state index in [1.807, 2.05) is 18.2 Å². The second-order valence-corrected chi connectivity index (χ2v) is 8.62. The van der Waals surface area contributed by atoms with Gasteiger partial charge in [0.25, 0.3) is 0 Å². The second kappa shape index (κ2) is 9.40. The van der Waals surface area contributed by atoms with E-state index < -0.39 is 0 Å². The average Bonchev–Trinajstić information content (AvgIpc) is 3.62. The SMILES string of the molecule is O=c1nc(OCC[C@H]2COCCO2)cc2n1CCc1cc(OCCCC3CC3)ccc1-2. The van der Waals surface area contributed by atoms with Gasteiger partial charge in [0, 0.05) is 24.6 Å². The Morgan fingerprint density at radius 2 is 2.03 bits per heavy atom. The van der Waals surface area contributed by atoms with Gasteiger partial charge < -0.3 is 18.9 Å². The summed E-state index contributed by atoms with van der Waals surface area (Å²) in [6, 6.07) is 8.03. The number of ether oxygens (including phenoxy) is 4. The van der Waals surface area contributed by atoms with Crippen LogP contribution in [0.4, 0.5) is 0 Å². The van der Waals surface area contributed by atoms with Crippen LogP contribution in [0.2, 0.25) is 0 Å². The van der Waals surface area contributed by atoms with Crippen LogP contribution in [0.1, 0.15) is 37.7 Å². The molecule has 1 aliphatic carbocycles. The van der Waals surface area contributed by atoms with Gasteiger partial charge >= 0.3 is 5.69 Å². The summed E-state index contributed by atoms with van der Waals surface area (Å²) in [4.78, 5) is 16.7. The number of aromatic nitrogens is 2. The molecule has 0 unspecified atom stereocenters. The second-order valence-electron chi connectivity index (χ2n) is 8.62. The molecule has 31 heavy (non-hydrogen) atoms. The summed E-state index contributed by atoms with van der Waals surface area (Å²) < 4.78 is 24.5. The molecule has 2 aromatic rings. The first-order valence-electron chi connectivity index (χ1n) is 11.5. The normalized spacial score (nSPS) is 20.1. The van der Waals surface area contributed by atoms with Crippen molar-refractivity contribution in [3.63, 3.8) is 0 Å². The average molecular weight is 427 g/mol. The fraction of sp³-hybridized carbons (Fsp3) is 0.583. The van der Waals surface area contributed by atoms with Crippen LogP contribution in [0.25, 0.3) is 11.3 Å². The highest BCUT2D eigenvalue weighted by molar-refractivity contribution is 5.67. The Morgan fingerprint density at radius 1 is 1.10 bits per heavy atom. The zero-order chi connectivity index (χ0) is 21.0. The van der Waals surface area contributed by atoms with Crippen molar-refractivity contribution in [3.05, 3.63) is 40.3 Å². The van der Waals surface area contributed by atoms with Crippen LogP contribution in [-0.2, 0) is 22.4 Å². The van der Waals surface area contributed by atoms with Crippen molar-refractivity contribution in [2.45, 2.75) is 51.2 Å². The van der Waals surface area contributed by atoms with E-state index in [-0.39, 0.29) is 11.8 Å². The lowest BCUT2D eigenvalue weighted by atomic mass is 9.97. The molecule has 7 heteroatoms. The molecular weight excluding hydrogens is 396 g/mol. The molecule has 0 N–H and O–H groups in total. The van der Waals surface area contributed by atoms with Gasteiger partial charge in [-0.2, -0.15) is 4.98 Å². The summed E-state index contributed by atoms with van der Waals surface area (Å²) in [6.07, 6.45) is 6.71. The van der Waals surface area contributed by atoms with Gasteiger partial charge in [0.2, 0.25) is 5.88 Å². The van der Waals surface area contributed by atoms with Gasteiger partial charge in [-0.25, -0.2) is 4.79 Å². The third-order valence-corrected chi connectivity index (χ3v) is 6.24. The third-order valence-electron chi connectivity index (χ3n) is 6.24. The molecule has 2 aliphatic heterocycles. The van der Waals surface area contributed by atoms with Crippen molar-refractivity contribution >= 4 is 0 Å². The van der Waals surface area contributed by atoms with Crippen molar-refractivity contribution in [1.82, 2.24) is 9.55 Å². The molecule has 1 aromatic heterocycles. The van der Waals surface area contributed by atoms with Gasteiger partial charge in [-0.3, -0.25) is 4.57 Å². The highest BCUT2D eigenvalue weighted by Crippen LogP contribution is 2.34. The molecule has 166 valence electrons. The molecule has 5 rings (SSSR count). The van der Waals surface area contributed by atoms with Crippen molar-refractivity contribution < 1.29 is 18.9 Å². The minimum Gasteiger partial charge on any atom is -0.494 e. The Labute approximate surface area is 182 Å². The molecule has 7 nitrogen and oxygen atoms in total. The van der Waals surface area contributed by atoms with E-state index in [9.17, 15) is 4.79 Å². The molecule has 1 aromatic carbocycles. The van der Waals surface area contributed by atoms with Crippen LogP contribution in [0, 0.1) is 5.92 Å². The Bertz CT molecular complexity index is 963. The van der Waals surface area contributed by atoms with E-state index in [0.29, 0.717) is 45.3 Å². The van der Waals surface area contributed by atoms with Crippen LogP contribution in [0.5, 0.6) is 11.6 Å². The zero-order valence-electron chi connectivity index (χ0n) is 17.9. The zero-order valence-corrected chi connectivity index (χ0v) is 17.9. The fourth-order valence-electron chi connectivity index (χ4n) is 4.31. The maximum Gasteiger partial charge on any atom is 0.351 e. The van der Waals surface area contributed by atoms with Crippen molar-refractivity contribution in [2.24, 2.45) is 5.92 Å². The molecule has 0 amide bonds. The first-order chi connectivity index (χ1) is 15.3. The number of aryl methyl sites for hydroxylation is 1. The van der Waals surface area contributed by atoms with E-state index in [4.69, 9.17) is 18.9 Å². The van der Waals surface area contributed by atoms with Crippen molar-refractivity contribution in [2.75, 3.05) is 33.0 Å². The van der Waals surface area contributed by atoms with Crippen LogP contribution >= 0.6 is 0 Å². The lowest BCUT2D eigenvalue weighted by Gasteiger charge is -2.23. The van der Waals surface area contributed by atoms with Gasteiger partial charge in [0.1, 0.15) is 5.75 Å². The minimum absolute atomic E-state index is 0.0379. The predicted molar refractivity (Wildman–Crippen MR) is 116 cm³/mol. The van der Waals surface area contributed by atoms with Gasteiger partial charge in [-0.05, 0) is 48.9 Å². The molecule has 0 spiro atoms. The van der Waals surface area contributed by atoms with Crippen LogP contribution < -0.4 is 15.2 Å². The van der Waals surface area contributed by atoms with E-state index in [2.05, 4.69) is 11.1 Å². The molecule has 2 fully saturated rings. The Hall–Kier alpha value is -2.38.